The maximum atomic E-state index is 5.92. The Morgan fingerprint density at radius 3 is 2.50 bits per heavy atom. The Balaban J connectivity index is 3.06. The van der Waals surface area contributed by atoms with Gasteiger partial charge in [-0.05, 0) is 29.2 Å². The first kappa shape index (κ1) is 9.56. The third-order valence-electron chi connectivity index (χ3n) is 1.88. The molecule has 0 aromatic heterocycles. The van der Waals surface area contributed by atoms with Crippen molar-refractivity contribution in [3.05, 3.63) is 34.3 Å². The van der Waals surface area contributed by atoms with Crippen molar-refractivity contribution in [2.75, 3.05) is 0 Å². The van der Waals surface area contributed by atoms with Crippen LogP contribution in [0.1, 0.15) is 30.9 Å². The van der Waals surface area contributed by atoms with Crippen LogP contribution < -0.4 is 5.73 Å². The monoisotopic (exact) mass is 183 g/mol. The quantitative estimate of drug-likeness (QED) is 0.750. The maximum absolute atomic E-state index is 5.92. The van der Waals surface area contributed by atoms with Crippen LogP contribution in [-0.4, -0.2) is 0 Å². The van der Waals surface area contributed by atoms with Crippen LogP contribution in [0, 0.1) is 0 Å². The van der Waals surface area contributed by atoms with Gasteiger partial charge < -0.3 is 5.73 Å². The highest BCUT2D eigenvalue weighted by atomic mass is 35.5. The van der Waals surface area contributed by atoms with Crippen molar-refractivity contribution < 1.29 is 0 Å². The normalized spacial score (nSPS) is 10.8. The van der Waals surface area contributed by atoms with Gasteiger partial charge in [0, 0.05) is 11.6 Å². The number of nitrogens with two attached hydrogens (primary N) is 1. The lowest BCUT2D eigenvalue weighted by molar-refractivity contribution is 0.861. The minimum atomic E-state index is 0.508. The first-order valence-corrected chi connectivity index (χ1v) is 4.50. The third kappa shape index (κ3) is 2.23. The molecule has 1 aromatic rings. The summed E-state index contributed by atoms with van der Waals surface area (Å²) in [6, 6.07) is 6.01. The molecule has 0 aliphatic carbocycles. The summed E-state index contributed by atoms with van der Waals surface area (Å²) < 4.78 is 0. The average molecular weight is 184 g/mol. The largest absolute Gasteiger partial charge is 0.326 e. The molecule has 0 saturated heterocycles. The number of rotatable bonds is 2. The zero-order chi connectivity index (χ0) is 9.14. The zero-order valence-corrected chi connectivity index (χ0v) is 8.23. The van der Waals surface area contributed by atoms with E-state index in [1.165, 1.54) is 5.56 Å². The van der Waals surface area contributed by atoms with E-state index in [0.717, 1.165) is 10.6 Å². The lowest BCUT2D eigenvalue weighted by Gasteiger charge is -2.07. The minimum absolute atomic E-state index is 0.508. The van der Waals surface area contributed by atoms with Crippen molar-refractivity contribution in [2.45, 2.75) is 26.3 Å². The molecule has 0 unspecified atom stereocenters. The molecule has 0 aliphatic heterocycles. The summed E-state index contributed by atoms with van der Waals surface area (Å²) in [5, 5.41) is 0.779. The van der Waals surface area contributed by atoms with Gasteiger partial charge in [0.1, 0.15) is 0 Å². The summed E-state index contributed by atoms with van der Waals surface area (Å²) >= 11 is 5.92. The van der Waals surface area contributed by atoms with Crippen LogP contribution >= 0.6 is 11.6 Å². The highest BCUT2D eigenvalue weighted by molar-refractivity contribution is 6.30. The molecule has 2 N–H and O–H groups in total. The smallest absolute Gasteiger partial charge is 0.0412 e. The molecule has 0 fully saturated rings. The molecule has 0 spiro atoms. The predicted octanol–water partition coefficient (Wildman–Crippen LogP) is 2.92. The number of hydrogen-bond donors (Lipinski definition) is 1. The second-order valence-electron chi connectivity index (χ2n) is 3.25. The van der Waals surface area contributed by atoms with Gasteiger partial charge in [0.05, 0.1) is 0 Å². The van der Waals surface area contributed by atoms with Gasteiger partial charge in [-0.25, -0.2) is 0 Å². The Morgan fingerprint density at radius 1 is 1.33 bits per heavy atom. The van der Waals surface area contributed by atoms with E-state index in [1.807, 2.05) is 12.1 Å². The summed E-state index contributed by atoms with van der Waals surface area (Å²) in [6.45, 7) is 4.85. The fourth-order valence-corrected chi connectivity index (χ4v) is 1.39. The SMILES string of the molecule is CC(C)c1cc(Cl)cc(CN)c1. The Labute approximate surface area is 78.5 Å². The van der Waals surface area contributed by atoms with Crippen molar-refractivity contribution in [1.29, 1.82) is 0 Å². The molecule has 12 heavy (non-hydrogen) atoms. The molecule has 66 valence electrons. The van der Waals surface area contributed by atoms with Crippen LogP contribution in [0.4, 0.5) is 0 Å². The molecule has 0 atom stereocenters. The van der Waals surface area contributed by atoms with Gasteiger partial charge >= 0.3 is 0 Å². The van der Waals surface area contributed by atoms with Crippen molar-refractivity contribution in [1.82, 2.24) is 0 Å². The average Bonchev–Trinajstić information content (AvgIpc) is 2.03. The molecular formula is C10H14ClN. The minimum Gasteiger partial charge on any atom is -0.326 e. The first-order chi connectivity index (χ1) is 5.63. The second-order valence-corrected chi connectivity index (χ2v) is 3.69. The fourth-order valence-electron chi connectivity index (χ4n) is 1.13. The van der Waals surface area contributed by atoms with Gasteiger partial charge in [-0.15, -0.1) is 0 Å². The lowest BCUT2D eigenvalue weighted by atomic mass is 10.0. The summed E-state index contributed by atoms with van der Waals surface area (Å²) in [4.78, 5) is 0. The number of benzene rings is 1. The van der Waals surface area contributed by atoms with Crippen LogP contribution in [0.2, 0.25) is 5.02 Å². The fraction of sp³-hybridized carbons (Fsp3) is 0.400. The van der Waals surface area contributed by atoms with E-state index in [4.69, 9.17) is 17.3 Å². The highest BCUT2D eigenvalue weighted by Crippen LogP contribution is 2.21. The van der Waals surface area contributed by atoms with Gasteiger partial charge in [-0.2, -0.15) is 0 Å². The molecule has 2 heteroatoms. The number of halogens is 1. The molecular weight excluding hydrogens is 170 g/mol. The van der Waals surface area contributed by atoms with E-state index in [-0.39, 0.29) is 0 Å². The van der Waals surface area contributed by atoms with Crippen LogP contribution in [0.3, 0.4) is 0 Å². The molecule has 0 aliphatic rings. The van der Waals surface area contributed by atoms with E-state index in [0.29, 0.717) is 12.5 Å². The van der Waals surface area contributed by atoms with Crippen LogP contribution in [0.25, 0.3) is 0 Å². The molecule has 0 amide bonds. The predicted molar refractivity (Wildman–Crippen MR) is 53.4 cm³/mol. The van der Waals surface area contributed by atoms with Crippen LogP contribution in [0.15, 0.2) is 18.2 Å². The molecule has 1 nitrogen and oxygen atoms in total. The van der Waals surface area contributed by atoms with Crippen molar-refractivity contribution in [3.63, 3.8) is 0 Å². The van der Waals surface area contributed by atoms with E-state index in [9.17, 15) is 0 Å². The highest BCUT2D eigenvalue weighted by Gasteiger charge is 2.01. The number of hydrogen-bond acceptors (Lipinski definition) is 1. The molecule has 1 aromatic carbocycles. The van der Waals surface area contributed by atoms with E-state index >= 15 is 0 Å². The molecule has 0 saturated carbocycles. The van der Waals surface area contributed by atoms with Gasteiger partial charge in [0.15, 0.2) is 0 Å². The summed E-state index contributed by atoms with van der Waals surface area (Å²) in [5.41, 5.74) is 7.88. The summed E-state index contributed by atoms with van der Waals surface area (Å²) in [6.07, 6.45) is 0. The third-order valence-corrected chi connectivity index (χ3v) is 2.10. The Bertz CT molecular complexity index is 269. The molecule has 0 heterocycles. The second kappa shape index (κ2) is 3.92. The lowest BCUT2D eigenvalue weighted by Crippen LogP contribution is -1.98. The van der Waals surface area contributed by atoms with Gasteiger partial charge in [0.2, 0.25) is 0 Å². The summed E-state index contributed by atoms with van der Waals surface area (Å²) in [7, 11) is 0. The Morgan fingerprint density at radius 2 is 2.00 bits per heavy atom. The van der Waals surface area contributed by atoms with Gasteiger partial charge in [0.25, 0.3) is 0 Å². The summed E-state index contributed by atoms with van der Waals surface area (Å²) in [5.74, 6) is 0.508. The molecule has 0 radical (unpaired) electrons. The van der Waals surface area contributed by atoms with Crippen molar-refractivity contribution in [3.8, 4) is 0 Å². The standard InChI is InChI=1S/C10H14ClN/c1-7(2)9-3-8(6-12)4-10(11)5-9/h3-5,7H,6,12H2,1-2H3. The Hall–Kier alpha value is -0.530. The van der Waals surface area contributed by atoms with Crippen molar-refractivity contribution >= 4 is 11.6 Å². The topological polar surface area (TPSA) is 26.0 Å². The van der Waals surface area contributed by atoms with E-state index in [1.54, 1.807) is 0 Å². The molecule has 0 bridgehead atoms. The van der Waals surface area contributed by atoms with Crippen molar-refractivity contribution in [2.24, 2.45) is 5.73 Å². The van der Waals surface area contributed by atoms with Gasteiger partial charge in [-0.3, -0.25) is 0 Å². The Kier molecular flexibility index (Phi) is 3.12. The first-order valence-electron chi connectivity index (χ1n) is 4.13. The van der Waals surface area contributed by atoms with E-state index in [2.05, 4.69) is 19.9 Å². The van der Waals surface area contributed by atoms with E-state index < -0.39 is 0 Å². The molecule has 1 rings (SSSR count). The maximum Gasteiger partial charge on any atom is 0.0412 e. The van der Waals surface area contributed by atoms with Crippen LogP contribution in [0.5, 0.6) is 0 Å². The van der Waals surface area contributed by atoms with Gasteiger partial charge in [-0.1, -0.05) is 31.5 Å². The van der Waals surface area contributed by atoms with Crippen LogP contribution in [-0.2, 0) is 6.54 Å². The zero-order valence-electron chi connectivity index (χ0n) is 7.47.